The van der Waals surface area contributed by atoms with E-state index in [0.717, 1.165) is 43.2 Å². The lowest BCUT2D eigenvalue weighted by Crippen LogP contribution is -2.61. The molecule has 2 aromatic rings. The van der Waals surface area contributed by atoms with Crippen LogP contribution in [0.1, 0.15) is 83.3 Å². The van der Waals surface area contributed by atoms with Gasteiger partial charge in [0.15, 0.2) is 0 Å². The highest BCUT2D eigenvalue weighted by molar-refractivity contribution is 5.81. The summed E-state index contributed by atoms with van der Waals surface area (Å²) in [6.07, 6.45) is 8.47. The zero-order valence-electron chi connectivity index (χ0n) is 23.6. The van der Waals surface area contributed by atoms with Crippen LogP contribution in [0.5, 0.6) is 0 Å². The van der Waals surface area contributed by atoms with Crippen LogP contribution in [0.2, 0.25) is 0 Å². The number of hydrogen-bond donors (Lipinski definition) is 1. The molecule has 1 aliphatic heterocycles. The van der Waals surface area contributed by atoms with Crippen LogP contribution < -0.4 is 5.32 Å². The van der Waals surface area contributed by atoms with Gasteiger partial charge in [-0.3, -0.25) is 9.59 Å². The van der Waals surface area contributed by atoms with Crippen LogP contribution >= 0.6 is 0 Å². The summed E-state index contributed by atoms with van der Waals surface area (Å²) in [6, 6.07) is 21.2. The van der Waals surface area contributed by atoms with Crippen molar-refractivity contribution in [3.05, 3.63) is 71.8 Å². The zero-order valence-corrected chi connectivity index (χ0v) is 23.6. The Morgan fingerprint density at radius 1 is 0.842 bits per heavy atom. The largest absolute Gasteiger partial charge is 0.342 e. The van der Waals surface area contributed by atoms with Crippen molar-refractivity contribution in [1.29, 1.82) is 0 Å². The second-order valence-electron chi connectivity index (χ2n) is 13.5. The molecule has 4 fully saturated rings. The van der Waals surface area contributed by atoms with E-state index in [-0.39, 0.29) is 22.7 Å². The van der Waals surface area contributed by atoms with Gasteiger partial charge in [-0.05, 0) is 91.6 Å². The number of rotatable bonds is 4. The fraction of sp³-hybridized carbons (Fsp3) is 0.588. The molecule has 38 heavy (non-hydrogen) atoms. The van der Waals surface area contributed by atoms with Crippen molar-refractivity contribution >= 4 is 11.8 Å². The maximum Gasteiger partial charge on any atom is 0.224 e. The van der Waals surface area contributed by atoms with E-state index < -0.39 is 5.54 Å². The first-order valence-electron chi connectivity index (χ1n) is 14.9. The zero-order chi connectivity index (χ0) is 26.7. The Morgan fingerprint density at radius 3 is 2.08 bits per heavy atom. The van der Waals surface area contributed by atoms with Crippen LogP contribution in [0.3, 0.4) is 0 Å². The van der Waals surface area contributed by atoms with E-state index in [1.807, 2.05) is 19.2 Å². The number of carbonyl (C=O) groups is 2. The Balaban J connectivity index is 1.26. The lowest BCUT2D eigenvalue weighted by molar-refractivity contribution is -0.159. The van der Waals surface area contributed by atoms with Gasteiger partial charge in [-0.2, -0.15) is 0 Å². The quantitative estimate of drug-likeness (QED) is 0.505. The lowest BCUT2D eigenvalue weighted by Gasteiger charge is -2.61. The van der Waals surface area contributed by atoms with Crippen molar-refractivity contribution < 1.29 is 9.59 Å². The first kappa shape index (κ1) is 25.6. The summed E-state index contributed by atoms with van der Waals surface area (Å²) in [6.45, 7) is 7.06. The minimum absolute atomic E-state index is 0.0408. The summed E-state index contributed by atoms with van der Waals surface area (Å²) >= 11 is 0. The summed E-state index contributed by atoms with van der Waals surface area (Å²) in [5.74, 6) is 2.51. The second kappa shape index (κ2) is 9.24. The summed E-state index contributed by atoms with van der Waals surface area (Å²) in [5, 5.41) is 3.58. The highest BCUT2D eigenvalue weighted by atomic mass is 16.2. The molecule has 1 N–H and O–H groups in total. The first-order valence-corrected chi connectivity index (χ1v) is 14.9. The predicted molar refractivity (Wildman–Crippen MR) is 151 cm³/mol. The molecule has 3 saturated carbocycles. The standard InChI is InChI=1S/C34H44N2O2/c1-32-21-19-27-25(15-18-29-33(27,2)22-20-30(37)36(29)4)26(32)16-17-28(32)31(38)35-34(3,23-11-7-5-8-12-23)24-13-9-6-10-14-24/h5-14,25-29H,15-22H2,1-4H3,(H,35,38)/t25-,26-,27+,28?,29?,32-,33+/m0/s1. The molecule has 1 saturated heterocycles. The van der Waals surface area contributed by atoms with Gasteiger partial charge in [-0.1, -0.05) is 74.5 Å². The Kier molecular flexibility index (Phi) is 6.24. The molecule has 0 bridgehead atoms. The molecule has 4 aliphatic rings. The third kappa shape index (κ3) is 3.77. The highest BCUT2D eigenvalue weighted by Crippen LogP contribution is 2.66. The van der Waals surface area contributed by atoms with Crippen molar-refractivity contribution in [3.63, 3.8) is 0 Å². The number of fused-ring (bicyclic) bond motifs is 5. The molecule has 7 atom stereocenters. The molecular weight excluding hydrogens is 468 g/mol. The lowest BCUT2D eigenvalue weighted by atomic mass is 9.47. The second-order valence-corrected chi connectivity index (χ2v) is 13.5. The number of nitrogens with one attached hydrogen (secondary N) is 1. The molecule has 1 heterocycles. The average Bonchev–Trinajstić information content (AvgIpc) is 3.29. The molecule has 2 aromatic carbocycles. The topological polar surface area (TPSA) is 49.4 Å². The molecular formula is C34H44N2O2. The number of benzene rings is 2. The summed E-state index contributed by atoms with van der Waals surface area (Å²) in [7, 11) is 2.03. The van der Waals surface area contributed by atoms with E-state index >= 15 is 0 Å². The van der Waals surface area contributed by atoms with E-state index in [1.165, 1.54) is 12.8 Å². The highest BCUT2D eigenvalue weighted by Gasteiger charge is 2.62. The maximum atomic E-state index is 14.2. The molecule has 0 spiro atoms. The van der Waals surface area contributed by atoms with Gasteiger partial charge in [0.2, 0.25) is 11.8 Å². The third-order valence-electron chi connectivity index (χ3n) is 11.9. The van der Waals surface area contributed by atoms with Crippen molar-refractivity contribution in [2.75, 3.05) is 7.05 Å². The third-order valence-corrected chi connectivity index (χ3v) is 11.9. The Labute approximate surface area is 228 Å². The number of hydrogen-bond acceptors (Lipinski definition) is 2. The molecule has 3 aliphatic carbocycles. The van der Waals surface area contributed by atoms with E-state index in [1.54, 1.807) is 0 Å². The SMILES string of the molecule is CN1C(=O)CC[C@@]2(C)C1CC[C@@H]1[C@H]2CC[C@]2(C)C(C(=O)NC(C)(c3ccccc3)c3ccccc3)CC[C@@H]12. The van der Waals surface area contributed by atoms with E-state index in [4.69, 9.17) is 0 Å². The van der Waals surface area contributed by atoms with Crippen LogP contribution in [0, 0.1) is 34.5 Å². The van der Waals surface area contributed by atoms with Gasteiger partial charge in [0.25, 0.3) is 0 Å². The number of piperidine rings is 1. The minimum Gasteiger partial charge on any atom is -0.342 e. The van der Waals surface area contributed by atoms with Crippen molar-refractivity contribution in [1.82, 2.24) is 10.2 Å². The smallest absolute Gasteiger partial charge is 0.224 e. The van der Waals surface area contributed by atoms with Crippen molar-refractivity contribution in [2.24, 2.45) is 34.5 Å². The fourth-order valence-electron chi connectivity index (χ4n) is 9.77. The van der Waals surface area contributed by atoms with Gasteiger partial charge < -0.3 is 10.2 Å². The molecule has 4 nitrogen and oxygen atoms in total. The number of nitrogens with zero attached hydrogens (tertiary/aromatic N) is 1. The molecule has 4 heteroatoms. The van der Waals surface area contributed by atoms with Gasteiger partial charge in [0, 0.05) is 25.4 Å². The van der Waals surface area contributed by atoms with Crippen LogP contribution in [-0.2, 0) is 15.1 Å². The van der Waals surface area contributed by atoms with Gasteiger partial charge >= 0.3 is 0 Å². The van der Waals surface area contributed by atoms with Crippen LogP contribution in [0.4, 0.5) is 0 Å². The first-order chi connectivity index (χ1) is 18.2. The summed E-state index contributed by atoms with van der Waals surface area (Å²) in [5.41, 5.74) is 1.91. The number of amides is 2. The molecule has 202 valence electrons. The Hall–Kier alpha value is -2.62. The molecule has 2 amide bonds. The number of carbonyl (C=O) groups excluding carboxylic acids is 2. The molecule has 6 rings (SSSR count). The normalized spacial score (nSPS) is 36.7. The van der Waals surface area contributed by atoms with Crippen LogP contribution in [0.25, 0.3) is 0 Å². The summed E-state index contributed by atoms with van der Waals surface area (Å²) < 4.78 is 0. The molecule has 2 unspecified atom stereocenters. The van der Waals surface area contributed by atoms with Gasteiger partial charge in [0.1, 0.15) is 0 Å². The Bertz CT molecular complexity index is 1160. The minimum atomic E-state index is -0.573. The monoisotopic (exact) mass is 512 g/mol. The Morgan fingerprint density at radius 2 is 1.45 bits per heavy atom. The van der Waals surface area contributed by atoms with Crippen molar-refractivity contribution in [3.8, 4) is 0 Å². The maximum absolute atomic E-state index is 14.2. The van der Waals surface area contributed by atoms with E-state index in [9.17, 15) is 9.59 Å². The van der Waals surface area contributed by atoms with Gasteiger partial charge in [-0.15, -0.1) is 0 Å². The summed E-state index contributed by atoms with van der Waals surface area (Å²) in [4.78, 5) is 28.8. The number of likely N-dealkylation sites (tertiary alicyclic amines) is 1. The van der Waals surface area contributed by atoms with Crippen molar-refractivity contribution in [2.45, 2.75) is 83.7 Å². The molecule has 0 aromatic heterocycles. The predicted octanol–water partition coefficient (Wildman–Crippen LogP) is 6.55. The van der Waals surface area contributed by atoms with Gasteiger partial charge in [-0.25, -0.2) is 0 Å². The van der Waals surface area contributed by atoms with Gasteiger partial charge in [0.05, 0.1) is 5.54 Å². The van der Waals surface area contributed by atoms with E-state index in [0.29, 0.717) is 36.1 Å². The van der Waals surface area contributed by atoms with Crippen LogP contribution in [-0.4, -0.2) is 29.8 Å². The fourth-order valence-corrected chi connectivity index (χ4v) is 9.77. The van der Waals surface area contributed by atoms with Crippen LogP contribution in [0.15, 0.2) is 60.7 Å². The average molecular weight is 513 g/mol. The van der Waals surface area contributed by atoms with E-state index in [2.05, 4.69) is 79.5 Å². The molecule has 0 radical (unpaired) electrons.